The van der Waals surface area contributed by atoms with Crippen LogP contribution >= 0.6 is 0 Å². The Balaban J connectivity index is 1.88. The van der Waals surface area contributed by atoms with Crippen molar-refractivity contribution in [3.05, 3.63) is 116 Å². The summed E-state index contributed by atoms with van der Waals surface area (Å²) in [5.41, 5.74) is 7.45. The lowest BCUT2D eigenvalue weighted by Crippen LogP contribution is -2.23. The van der Waals surface area contributed by atoms with Gasteiger partial charge in [0.1, 0.15) is 0 Å². The maximum absolute atomic E-state index is 13.2. The molecular weight excluding hydrogens is 370 g/mol. The molecule has 0 aliphatic heterocycles. The van der Waals surface area contributed by atoms with Crippen LogP contribution in [0.25, 0.3) is 10.9 Å². The number of carbonyl (C=O) groups excluding carboxylic acids is 1. The Kier molecular flexibility index (Phi) is 5.13. The molecule has 1 aromatic heterocycles. The van der Waals surface area contributed by atoms with Crippen LogP contribution in [-0.4, -0.2) is 10.4 Å². The molecule has 30 heavy (non-hydrogen) atoms. The molecule has 0 amide bonds. The number of rotatable bonds is 4. The summed E-state index contributed by atoms with van der Waals surface area (Å²) < 4.78 is 1.77. The number of aryl methyl sites for hydroxylation is 4. The highest BCUT2D eigenvalue weighted by molar-refractivity contribution is 6.15. The van der Waals surface area contributed by atoms with Crippen molar-refractivity contribution in [1.82, 2.24) is 4.57 Å². The molecule has 0 radical (unpaired) electrons. The van der Waals surface area contributed by atoms with Crippen LogP contribution in [0.2, 0.25) is 0 Å². The molecule has 3 heteroatoms. The molecule has 3 nitrogen and oxygen atoms in total. The second-order valence-electron chi connectivity index (χ2n) is 8.07. The second-order valence-corrected chi connectivity index (χ2v) is 8.07. The van der Waals surface area contributed by atoms with Gasteiger partial charge in [0, 0.05) is 22.6 Å². The summed E-state index contributed by atoms with van der Waals surface area (Å²) in [6, 6.07) is 20.9. The number of hydrogen-bond donors (Lipinski definition) is 0. The number of ketones is 1. The van der Waals surface area contributed by atoms with E-state index in [1.165, 1.54) is 22.8 Å². The van der Waals surface area contributed by atoms with Crippen LogP contribution in [0.4, 0.5) is 0 Å². The lowest BCUT2D eigenvalue weighted by atomic mass is 9.97. The lowest BCUT2D eigenvalue weighted by molar-refractivity contribution is 0.104. The van der Waals surface area contributed by atoms with E-state index in [0.717, 1.165) is 22.0 Å². The number of para-hydroxylation sites is 1. The Morgan fingerprint density at radius 1 is 0.800 bits per heavy atom. The van der Waals surface area contributed by atoms with E-state index >= 15 is 0 Å². The molecule has 0 saturated carbocycles. The average Bonchev–Trinajstić information content (AvgIpc) is 2.71. The van der Waals surface area contributed by atoms with Gasteiger partial charge in [-0.1, -0.05) is 65.7 Å². The average molecular weight is 396 g/mol. The molecule has 0 atom stereocenters. The first-order valence-electron chi connectivity index (χ1n) is 10.2. The van der Waals surface area contributed by atoms with Crippen LogP contribution in [-0.2, 0) is 6.54 Å². The van der Waals surface area contributed by atoms with E-state index in [4.69, 9.17) is 0 Å². The highest BCUT2D eigenvalue weighted by atomic mass is 16.1. The maximum Gasteiger partial charge on any atom is 0.252 e. The van der Waals surface area contributed by atoms with Gasteiger partial charge in [-0.2, -0.15) is 0 Å². The Hall–Kier alpha value is -3.46. The van der Waals surface area contributed by atoms with Gasteiger partial charge in [-0.3, -0.25) is 9.59 Å². The SMILES string of the molecule is Cc1ccc(C(=O)c2cc(=O)n(Cc3c(C)cc(C)cc3C)c3ccccc23)cc1. The van der Waals surface area contributed by atoms with Gasteiger partial charge < -0.3 is 4.57 Å². The largest absolute Gasteiger partial charge is 0.304 e. The van der Waals surface area contributed by atoms with Crippen molar-refractivity contribution < 1.29 is 4.79 Å². The maximum atomic E-state index is 13.2. The third kappa shape index (κ3) is 3.59. The van der Waals surface area contributed by atoms with Crippen molar-refractivity contribution >= 4 is 16.7 Å². The Labute approximate surface area is 176 Å². The van der Waals surface area contributed by atoms with Gasteiger partial charge in [0.25, 0.3) is 5.56 Å². The van der Waals surface area contributed by atoms with Crippen LogP contribution in [0.15, 0.2) is 71.5 Å². The molecule has 150 valence electrons. The predicted octanol–water partition coefficient (Wildman–Crippen LogP) is 5.51. The van der Waals surface area contributed by atoms with E-state index < -0.39 is 0 Å². The minimum absolute atomic E-state index is 0.127. The number of carbonyl (C=O) groups is 1. The molecule has 0 aliphatic carbocycles. The fraction of sp³-hybridized carbons (Fsp3) is 0.185. The fourth-order valence-electron chi connectivity index (χ4n) is 4.16. The third-order valence-corrected chi connectivity index (χ3v) is 5.73. The van der Waals surface area contributed by atoms with Crippen molar-refractivity contribution in [2.75, 3.05) is 0 Å². The van der Waals surface area contributed by atoms with E-state index in [9.17, 15) is 9.59 Å². The molecule has 0 aliphatic rings. The minimum Gasteiger partial charge on any atom is -0.304 e. The normalized spacial score (nSPS) is 11.1. The molecule has 0 bridgehead atoms. The van der Waals surface area contributed by atoms with Crippen molar-refractivity contribution in [3.8, 4) is 0 Å². The Bertz CT molecular complexity index is 1300. The fourth-order valence-corrected chi connectivity index (χ4v) is 4.16. The summed E-state index contributed by atoms with van der Waals surface area (Å²) >= 11 is 0. The lowest BCUT2D eigenvalue weighted by Gasteiger charge is -2.17. The number of nitrogens with zero attached hydrogens (tertiary/aromatic N) is 1. The number of pyridine rings is 1. The van der Waals surface area contributed by atoms with Crippen LogP contribution in [0.5, 0.6) is 0 Å². The van der Waals surface area contributed by atoms with Gasteiger partial charge in [0.15, 0.2) is 5.78 Å². The minimum atomic E-state index is -0.163. The quantitative estimate of drug-likeness (QED) is 0.427. The number of aromatic nitrogens is 1. The van der Waals surface area contributed by atoms with E-state index in [-0.39, 0.29) is 11.3 Å². The number of benzene rings is 3. The summed E-state index contributed by atoms with van der Waals surface area (Å²) in [7, 11) is 0. The molecule has 4 aromatic rings. The third-order valence-electron chi connectivity index (χ3n) is 5.73. The van der Waals surface area contributed by atoms with Gasteiger partial charge in [-0.05, 0) is 50.5 Å². The van der Waals surface area contributed by atoms with E-state index in [1.54, 1.807) is 4.57 Å². The van der Waals surface area contributed by atoms with E-state index in [2.05, 4.69) is 32.9 Å². The highest BCUT2D eigenvalue weighted by Gasteiger charge is 2.17. The summed E-state index contributed by atoms with van der Waals surface area (Å²) in [5, 5.41) is 0.796. The number of hydrogen-bond acceptors (Lipinski definition) is 2. The van der Waals surface area contributed by atoms with Crippen molar-refractivity contribution in [1.29, 1.82) is 0 Å². The monoisotopic (exact) mass is 395 g/mol. The smallest absolute Gasteiger partial charge is 0.252 e. The van der Waals surface area contributed by atoms with Crippen LogP contribution in [0, 0.1) is 27.7 Å². The number of fused-ring (bicyclic) bond motifs is 1. The van der Waals surface area contributed by atoms with E-state index in [0.29, 0.717) is 17.7 Å². The van der Waals surface area contributed by atoms with Gasteiger partial charge in [-0.15, -0.1) is 0 Å². The highest BCUT2D eigenvalue weighted by Crippen LogP contribution is 2.23. The first-order valence-corrected chi connectivity index (χ1v) is 10.2. The van der Waals surface area contributed by atoms with Gasteiger partial charge in [-0.25, -0.2) is 0 Å². The second kappa shape index (κ2) is 7.75. The van der Waals surface area contributed by atoms with Crippen LogP contribution < -0.4 is 5.56 Å². The van der Waals surface area contributed by atoms with E-state index in [1.807, 2.05) is 55.5 Å². The first-order chi connectivity index (χ1) is 14.3. The van der Waals surface area contributed by atoms with Crippen LogP contribution in [0.3, 0.4) is 0 Å². The molecule has 0 N–H and O–H groups in total. The molecule has 0 saturated heterocycles. The molecule has 0 fully saturated rings. The summed E-state index contributed by atoms with van der Waals surface area (Å²) in [6.07, 6.45) is 0. The predicted molar refractivity (Wildman–Crippen MR) is 123 cm³/mol. The summed E-state index contributed by atoms with van der Waals surface area (Å²) in [6.45, 7) is 8.71. The molecule has 4 rings (SSSR count). The zero-order chi connectivity index (χ0) is 21.4. The topological polar surface area (TPSA) is 39.1 Å². The molecule has 0 spiro atoms. The van der Waals surface area contributed by atoms with Crippen LogP contribution in [0.1, 0.15) is 43.7 Å². The summed E-state index contributed by atoms with van der Waals surface area (Å²) in [4.78, 5) is 26.3. The standard InChI is InChI=1S/C27H25NO2/c1-17-9-11-21(12-10-17)27(30)23-15-26(29)28(25-8-6-5-7-22(23)25)16-24-19(3)13-18(2)14-20(24)4/h5-15H,16H2,1-4H3. The first kappa shape index (κ1) is 19.8. The molecule has 1 heterocycles. The van der Waals surface area contributed by atoms with Crippen molar-refractivity contribution in [2.24, 2.45) is 0 Å². The molecule has 3 aromatic carbocycles. The Morgan fingerprint density at radius 3 is 2.10 bits per heavy atom. The molecular formula is C27H25NO2. The zero-order valence-corrected chi connectivity index (χ0v) is 17.8. The van der Waals surface area contributed by atoms with Crippen molar-refractivity contribution in [2.45, 2.75) is 34.2 Å². The van der Waals surface area contributed by atoms with Gasteiger partial charge >= 0.3 is 0 Å². The zero-order valence-electron chi connectivity index (χ0n) is 17.8. The van der Waals surface area contributed by atoms with Gasteiger partial charge in [0.2, 0.25) is 0 Å². The molecule has 0 unspecified atom stereocenters. The Morgan fingerprint density at radius 2 is 1.43 bits per heavy atom. The summed E-state index contributed by atoms with van der Waals surface area (Å²) in [5.74, 6) is -0.127. The van der Waals surface area contributed by atoms with Gasteiger partial charge in [0.05, 0.1) is 12.1 Å². The van der Waals surface area contributed by atoms with Crippen molar-refractivity contribution in [3.63, 3.8) is 0 Å².